The summed E-state index contributed by atoms with van der Waals surface area (Å²) in [6, 6.07) is 5.94. The van der Waals surface area contributed by atoms with Gasteiger partial charge in [-0.15, -0.1) is 0 Å². The summed E-state index contributed by atoms with van der Waals surface area (Å²) in [5.41, 5.74) is 3.00. The Morgan fingerprint density at radius 3 is 2.81 bits per heavy atom. The first-order valence-corrected chi connectivity index (χ1v) is 9.12. The molecule has 1 aromatic carbocycles. The zero-order valence-electron chi connectivity index (χ0n) is 16.1. The van der Waals surface area contributed by atoms with E-state index in [2.05, 4.69) is 11.0 Å². The Morgan fingerprint density at radius 1 is 1.30 bits per heavy atom. The number of fused-ring (bicyclic) bond motifs is 1. The van der Waals surface area contributed by atoms with Crippen LogP contribution in [-0.4, -0.2) is 62.2 Å². The molecule has 0 spiro atoms. The predicted molar refractivity (Wildman–Crippen MR) is 101 cm³/mol. The molecular formula is C20H26N2O5. The van der Waals surface area contributed by atoms with Crippen molar-refractivity contribution in [1.29, 1.82) is 0 Å². The highest BCUT2D eigenvalue weighted by Crippen LogP contribution is 2.24. The average Bonchev–Trinajstić information content (AvgIpc) is 3.27. The monoisotopic (exact) mass is 374 g/mol. The first-order valence-electron chi connectivity index (χ1n) is 9.12. The molecular weight excluding hydrogens is 348 g/mol. The number of benzene rings is 1. The molecule has 1 aromatic heterocycles. The van der Waals surface area contributed by atoms with Gasteiger partial charge < -0.3 is 19.1 Å². The van der Waals surface area contributed by atoms with Crippen LogP contribution >= 0.6 is 0 Å². The van der Waals surface area contributed by atoms with Gasteiger partial charge in [0.1, 0.15) is 0 Å². The quantitative estimate of drug-likeness (QED) is 0.572. The molecule has 0 saturated carbocycles. The van der Waals surface area contributed by atoms with E-state index in [4.69, 9.17) is 14.2 Å². The van der Waals surface area contributed by atoms with Crippen LogP contribution in [0.2, 0.25) is 0 Å². The van der Waals surface area contributed by atoms with Gasteiger partial charge >= 0.3 is 12.1 Å². The molecule has 1 saturated heterocycles. The number of nitrogens with zero attached hydrogens (tertiary/aromatic N) is 2. The summed E-state index contributed by atoms with van der Waals surface area (Å²) in [7, 11) is 4.03. The normalized spacial score (nSPS) is 16.8. The van der Waals surface area contributed by atoms with Crippen molar-refractivity contribution < 1.29 is 23.8 Å². The Morgan fingerprint density at radius 2 is 2.11 bits per heavy atom. The molecule has 27 heavy (non-hydrogen) atoms. The van der Waals surface area contributed by atoms with Gasteiger partial charge in [-0.1, -0.05) is 11.6 Å². The van der Waals surface area contributed by atoms with E-state index in [9.17, 15) is 9.59 Å². The van der Waals surface area contributed by atoms with E-state index in [0.717, 1.165) is 35.0 Å². The average molecular weight is 374 g/mol. The van der Waals surface area contributed by atoms with Gasteiger partial charge in [-0.2, -0.15) is 0 Å². The molecule has 1 aliphatic rings. The third kappa shape index (κ3) is 4.67. The van der Waals surface area contributed by atoms with Crippen LogP contribution in [0.5, 0.6) is 0 Å². The van der Waals surface area contributed by atoms with Crippen LogP contribution in [0, 0.1) is 12.8 Å². The number of esters is 1. The highest BCUT2D eigenvalue weighted by Gasteiger charge is 2.25. The summed E-state index contributed by atoms with van der Waals surface area (Å²) in [4.78, 5) is 26.5. The van der Waals surface area contributed by atoms with Crippen LogP contribution in [-0.2, 0) is 25.4 Å². The first-order chi connectivity index (χ1) is 13.0. The molecule has 1 aliphatic heterocycles. The van der Waals surface area contributed by atoms with Gasteiger partial charge in [0.25, 0.3) is 0 Å². The number of ether oxygens (including phenoxy) is 3. The van der Waals surface area contributed by atoms with Crippen molar-refractivity contribution in [2.24, 2.45) is 5.92 Å². The Labute approximate surface area is 158 Å². The maximum Gasteiger partial charge on any atom is 0.421 e. The van der Waals surface area contributed by atoms with Crippen molar-refractivity contribution in [2.75, 3.05) is 40.6 Å². The van der Waals surface area contributed by atoms with E-state index in [1.165, 1.54) is 4.57 Å². The Hall–Kier alpha value is -2.38. The zero-order valence-corrected chi connectivity index (χ0v) is 16.1. The molecule has 2 aromatic rings. The number of hydrogen-bond donors (Lipinski definition) is 0. The van der Waals surface area contributed by atoms with Gasteiger partial charge in [0.15, 0.2) is 0 Å². The SMILES string of the molecule is Cc1ccc2c(c1)c(CCN(C)C)cn2C(=O)OCOC(=O)C1CCOC1. The van der Waals surface area contributed by atoms with E-state index in [1.54, 1.807) is 0 Å². The molecule has 1 atom stereocenters. The predicted octanol–water partition coefficient (Wildman–Crippen LogP) is 2.58. The van der Waals surface area contributed by atoms with Gasteiger partial charge in [0.05, 0.1) is 18.0 Å². The Bertz CT molecular complexity index is 821. The molecule has 0 N–H and O–H groups in total. The minimum atomic E-state index is -0.560. The second-order valence-corrected chi connectivity index (χ2v) is 7.15. The second-order valence-electron chi connectivity index (χ2n) is 7.15. The largest absolute Gasteiger partial charge is 0.427 e. The zero-order chi connectivity index (χ0) is 19.4. The maximum absolute atomic E-state index is 12.5. The smallest absolute Gasteiger partial charge is 0.421 e. The maximum atomic E-state index is 12.5. The highest BCUT2D eigenvalue weighted by molar-refractivity contribution is 5.92. The number of likely N-dealkylation sites (N-methyl/N-ethyl adjacent to an activating group) is 1. The van der Waals surface area contributed by atoms with Crippen molar-refractivity contribution in [3.8, 4) is 0 Å². The number of rotatable bonds is 6. The summed E-state index contributed by atoms with van der Waals surface area (Å²) in [6.07, 6.45) is 2.71. The summed E-state index contributed by atoms with van der Waals surface area (Å²) in [6.45, 7) is 3.43. The van der Waals surface area contributed by atoms with E-state index in [-0.39, 0.29) is 11.9 Å². The van der Waals surface area contributed by atoms with Gasteiger partial charge in [0, 0.05) is 24.7 Å². The van der Waals surface area contributed by atoms with Gasteiger partial charge in [-0.25, -0.2) is 4.79 Å². The lowest BCUT2D eigenvalue weighted by molar-refractivity contribution is -0.156. The topological polar surface area (TPSA) is 70.0 Å². The van der Waals surface area contributed by atoms with E-state index < -0.39 is 12.9 Å². The van der Waals surface area contributed by atoms with E-state index >= 15 is 0 Å². The minimum absolute atomic E-state index is 0.267. The van der Waals surface area contributed by atoms with E-state index in [0.29, 0.717) is 19.6 Å². The molecule has 1 fully saturated rings. The van der Waals surface area contributed by atoms with Gasteiger partial charge in [-0.3, -0.25) is 9.36 Å². The lowest BCUT2D eigenvalue weighted by Gasteiger charge is -2.10. The lowest BCUT2D eigenvalue weighted by Crippen LogP contribution is -2.22. The number of carbonyl (C=O) groups is 2. The number of aryl methyl sites for hydroxylation is 1. The van der Waals surface area contributed by atoms with Crippen LogP contribution in [0.4, 0.5) is 4.79 Å². The minimum Gasteiger partial charge on any atom is -0.427 e. The standard InChI is InChI=1S/C20H26N2O5/c1-14-4-5-18-17(10-14)15(6-8-21(2)3)11-22(18)20(24)27-13-26-19(23)16-7-9-25-12-16/h4-5,10-11,16H,6-9,12-13H2,1-3H3. The first kappa shape index (κ1) is 19.4. The summed E-state index contributed by atoms with van der Waals surface area (Å²) < 4.78 is 16.9. The Balaban J connectivity index is 1.69. The molecule has 0 amide bonds. The third-order valence-electron chi connectivity index (χ3n) is 4.71. The summed E-state index contributed by atoms with van der Waals surface area (Å²) in [5, 5.41) is 1.04. The van der Waals surface area contributed by atoms with Crippen LogP contribution in [0.1, 0.15) is 17.5 Å². The van der Waals surface area contributed by atoms with Crippen LogP contribution in [0.3, 0.4) is 0 Å². The molecule has 0 radical (unpaired) electrons. The second kappa shape index (κ2) is 8.54. The van der Waals surface area contributed by atoms with Gasteiger partial charge in [-0.05, 0) is 51.6 Å². The highest BCUT2D eigenvalue weighted by atomic mass is 16.7. The molecule has 2 heterocycles. The van der Waals surface area contributed by atoms with E-state index in [1.807, 2.05) is 39.3 Å². The lowest BCUT2D eigenvalue weighted by atomic mass is 10.1. The number of carbonyl (C=O) groups excluding carboxylic acids is 2. The molecule has 1 unspecified atom stereocenters. The number of aromatic nitrogens is 1. The molecule has 146 valence electrons. The molecule has 7 nitrogen and oxygen atoms in total. The Kier molecular flexibility index (Phi) is 6.13. The molecule has 0 bridgehead atoms. The van der Waals surface area contributed by atoms with Crippen molar-refractivity contribution in [3.63, 3.8) is 0 Å². The summed E-state index contributed by atoms with van der Waals surface area (Å²) in [5.74, 6) is -0.656. The van der Waals surface area contributed by atoms with Crippen molar-refractivity contribution >= 4 is 23.0 Å². The number of hydrogen-bond acceptors (Lipinski definition) is 6. The van der Waals surface area contributed by atoms with Crippen LogP contribution in [0.25, 0.3) is 10.9 Å². The van der Waals surface area contributed by atoms with Gasteiger partial charge in [0.2, 0.25) is 6.79 Å². The fourth-order valence-electron chi connectivity index (χ4n) is 3.15. The van der Waals surface area contributed by atoms with Crippen LogP contribution in [0.15, 0.2) is 24.4 Å². The molecule has 0 aliphatic carbocycles. The summed E-state index contributed by atoms with van der Waals surface area (Å²) >= 11 is 0. The third-order valence-corrected chi connectivity index (χ3v) is 4.71. The fraction of sp³-hybridized carbons (Fsp3) is 0.500. The fourth-order valence-corrected chi connectivity index (χ4v) is 3.15. The van der Waals surface area contributed by atoms with Crippen molar-refractivity contribution in [2.45, 2.75) is 19.8 Å². The molecule has 3 rings (SSSR count). The van der Waals surface area contributed by atoms with Crippen LogP contribution < -0.4 is 0 Å². The van der Waals surface area contributed by atoms with Crippen molar-refractivity contribution in [3.05, 3.63) is 35.5 Å². The molecule has 7 heteroatoms. The van der Waals surface area contributed by atoms with Crippen molar-refractivity contribution in [1.82, 2.24) is 9.47 Å².